The molecule has 3 aliphatic rings. The highest BCUT2D eigenvalue weighted by Gasteiger charge is 2.68. The number of carbonyl (C=O) groups is 2. The van der Waals surface area contributed by atoms with E-state index in [0.717, 1.165) is 25.3 Å². The van der Waals surface area contributed by atoms with Crippen LogP contribution in [-0.2, 0) is 4.79 Å². The minimum atomic E-state index is -0.594. The van der Waals surface area contributed by atoms with Gasteiger partial charge in [0.2, 0.25) is 0 Å². The zero-order valence-corrected chi connectivity index (χ0v) is 16.1. The summed E-state index contributed by atoms with van der Waals surface area (Å²) in [5.41, 5.74) is 0.204. The summed E-state index contributed by atoms with van der Waals surface area (Å²) < 4.78 is 18.8. The van der Waals surface area contributed by atoms with Crippen LogP contribution in [0.15, 0.2) is 36.5 Å². The van der Waals surface area contributed by atoms with Crippen LogP contribution >= 0.6 is 11.6 Å². The lowest BCUT2D eigenvalue weighted by Gasteiger charge is -2.70. The van der Waals surface area contributed by atoms with Crippen LogP contribution in [0.5, 0.6) is 5.75 Å². The van der Waals surface area contributed by atoms with Crippen LogP contribution in [0.3, 0.4) is 0 Å². The largest absolute Gasteiger partial charge is 0.486 e. The molecule has 0 radical (unpaired) electrons. The Morgan fingerprint density at radius 1 is 1.28 bits per heavy atom. The van der Waals surface area contributed by atoms with Gasteiger partial charge in [-0.15, -0.1) is 0 Å². The highest BCUT2D eigenvalue weighted by molar-refractivity contribution is 6.30. The molecule has 1 amide bonds. The van der Waals surface area contributed by atoms with Crippen LogP contribution in [-0.4, -0.2) is 28.8 Å². The lowest BCUT2D eigenvalue weighted by molar-refractivity contribution is -0.162. The SMILES string of the molecule is N#Cc1ccnc(C(=O)NC23CC(CC(=O)COc4ccc(Cl)c(F)c4)(C2)C3)c1. The number of halogens is 2. The third kappa shape index (κ3) is 3.81. The van der Waals surface area contributed by atoms with Crippen LogP contribution in [0, 0.1) is 22.6 Å². The molecule has 1 heterocycles. The van der Waals surface area contributed by atoms with Gasteiger partial charge in [-0.25, -0.2) is 4.39 Å². The number of nitrogens with one attached hydrogen (secondary N) is 1. The number of nitriles is 1. The van der Waals surface area contributed by atoms with Gasteiger partial charge in [0.25, 0.3) is 5.91 Å². The molecule has 0 unspecified atom stereocenters. The van der Waals surface area contributed by atoms with E-state index >= 15 is 0 Å². The standard InChI is InChI=1S/C21H17ClFN3O3/c22-16-2-1-15(6-17(16)23)29-9-14(27)7-20-10-21(11-20,12-20)26-19(28)18-5-13(8-24)3-4-25-18/h1-6H,7,9-12H2,(H,26,28). The van der Waals surface area contributed by atoms with Gasteiger partial charge in [-0.3, -0.25) is 14.6 Å². The molecule has 6 nitrogen and oxygen atoms in total. The van der Waals surface area contributed by atoms with Gasteiger partial charge in [-0.2, -0.15) is 5.26 Å². The first kappa shape index (κ1) is 19.3. The molecule has 3 fully saturated rings. The number of nitrogens with zero attached hydrogens (tertiary/aromatic N) is 2. The molecule has 0 spiro atoms. The molecule has 1 aromatic carbocycles. The van der Waals surface area contributed by atoms with Gasteiger partial charge in [0, 0.05) is 24.2 Å². The van der Waals surface area contributed by atoms with Crippen molar-refractivity contribution in [3.05, 3.63) is 58.6 Å². The predicted octanol–water partition coefficient (Wildman–Crippen LogP) is 3.44. The Kier molecular flexibility index (Phi) is 4.75. The van der Waals surface area contributed by atoms with Gasteiger partial charge in [-0.1, -0.05) is 11.6 Å². The summed E-state index contributed by atoms with van der Waals surface area (Å²) in [7, 11) is 0. The summed E-state index contributed by atoms with van der Waals surface area (Å²) >= 11 is 5.62. The van der Waals surface area contributed by atoms with Crippen molar-refractivity contribution in [3.63, 3.8) is 0 Å². The molecule has 3 aliphatic carbocycles. The molecule has 1 aromatic heterocycles. The Hall–Kier alpha value is -2.98. The third-order valence-corrected chi connectivity index (χ3v) is 5.81. The predicted molar refractivity (Wildman–Crippen MR) is 102 cm³/mol. The van der Waals surface area contributed by atoms with Crippen molar-refractivity contribution in [2.75, 3.05) is 6.61 Å². The summed E-state index contributed by atoms with van der Waals surface area (Å²) in [6.45, 7) is -0.132. The normalized spacial score (nSPS) is 23.9. The van der Waals surface area contributed by atoms with E-state index in [0.29, 0.717) is 12.0 Å². The Bertz CT molecular complexity index is 1030. The molecule has 148 valence electrons. The molecule has 8 heteroatoms. The van der Waals surface area contributed by atoms with E-state index in [1.165, 1.54) is 24.4 Å². The van der Waals surface area contributed by atoms with Gasteiger partial charge in [0.15, 0.2) is 5.78 Å². The minimum absolute atomic E-state index is 0.000520. The maximum absolute atomic E-state index is 13.4. The summed E-state index contributed by atoms with van der Waals surface area (Å²) in [6, 6.07) is 9.02. The fourth-order valence-corrected chi connectivity index (χ4v) is 4.56. The maximum Gasteiger partial charge on any atom is 0.270 e. The lowest BCUT2D eigenvalue weighted by atomic mass is 9.38. The minimum Gasteiger partial charge on any atom is -0.486 e. The Morgan fingerprint density at radius 2 is 2.03 bits per heavy atom. The number of ether oxygens (including phenoxy) is 1. The number of carbonyl (C=O) groups excluding carboxylic acids is 2. The monoisotopic (exact) mass is 413 g/mol. The molecule has 3 saturated carbocycles. The fourth-order valence-electron chi connectivity index (χ4n) is 4.45. The lowest BCUT2D eigenvalue weighted by Crippen LogP contribution is -2.75. The van der Waals surface area contributed by atoms with Gasteiger partial charge < -0.3 is 10.1 Å². The third-order valence-electron chi connectivity index (χ3n) is 5.50. The molecule has 29 heavy (non-hydrogen) atoms. The summed E-state index contributed by atoms with van der Waals surface area (Å²) in [4.78, 5) is 28.6. The van der Waals surface area contributed by atoms with Crippen molar-refractivity contribution in [2.24, 2.45) is 5.41 Å². The van der Waals surface area contributed by atoms with Gasteiger partial charge in [-0.05, 0) is 48.9 Å². The molecule has 2 aromatic rings. The average Bonchev–Trinajstić information content (AvgIpc) is 2.66. The van der Waals surface area contributed by atoms with E-state index in [2.05, 4.69) is 10.3 Å². The second kappa shape index (κ2) is 7.12. The van der Waals surface area contributed by atoms with E-state index in [4.69, 9.17) is 21.6 Å². The number of ketones is 1. The molecule has 1 N–H and O–H groups in total. The summed E-state index contributed by atoms with van der Waals surface area (Å²) in [5, 5.41) is 11.9. The van der Waals surface area contributed by atoms with Crippen LogP contribution < -0.4 is 10.1 Å². The topological polar surface area (TPSA) is 92.1 Å². The van der Waals surface area contributed by atoms with Crippen molar-refractivity contribution < 1.29 is 18.7 Å². The van der Waals surface area contributed by atoms with Crippen molar-refractivity contribution in [2.45, 2.75) is 31.2 Å². The number of aromatic nitrogens is 1. The number of hydrogen-bond acceptors (Lipinski definition) is 5. The quantitative estimate of drug-likeness (QED) is 0.750. The number of hydrogen-bond donors (Lipinski definition) is 1. The average molecular weight is 414 g/mol. The van der Waals surface area contributed by atoms with Crippen molar-refractivity contribution in [1.82, 2.24) is 10.3 Å². The molecule has 2 bridgehead atoms. The number of pyridine rings is 1. The first-order chi connectivity index (χ1) is 13.8. The first-order valence-corrected chi connectivity index (χ1v) is 9.48. The molecule has 0 aliphatic heterocycles. The van der Waals surface area contributed by atoms with E-state index in [9.17, 15) is 14.0 Å². The van der Waals surface area contributed by atoms with Crippen molar-refractivity contribution in [3.8, 4) is 11.8 Å². The molecular formula is C21H17ClFN3O3. The highest BCUT2D eigenvalue weighted by atomic mass is 35.5. The Morgan fingerprint density at radius 3 is 2.72 bits per heavy atom. The van der Waals surface area contributed by atoms with Crippen molar-refractivity contribution >= 4 is 23.3 Å². The Balaban J connectivity index is 1.25. The van der Waals surface area contributed by atoms with Crippen LogP contribution in [0.4, 0.5) is 4.39 Å². The van der Waals surface area contributed by atoms with Crippen LogP contribution in [0.2, 0.25) is 5.02 Å². The second-order valence-electron chi connectivity index (χ2n) is 7.89. The number of rotatable bonds is 7. The van der Waals surface area contributed by atoms with Crippen LogP contribution in [0.25, 0.3) is 0 Å². The highest BCUT2D eigenvalue weighted by Crippen LogP contribution is 2.69. The molecule has 0 atom stereocenters. The Labute approximate surface area is 171 Å². The number of Topliss-reactive ketones (excluding diaryl/α,β-unsaturated/α-hetero) is 1. The van der Waals surface area contributed by atoms with Gasteiger partial charge in [0.05, 0.1) is 16.7 Å². The molecule has 5 rings (SSSR count). The maximum atomic E-state index is 13.4. The smallest absolute Gasteiger partial charge is 0.270 e. The second-order valence-corrected chi connectivity index (χ2v) is 8.29. The summed E-state index contributed by atoms with van der Waals surface area (Å²) in [5.74, 6) is -0.713. The van der Waals surface area contributed by atoms with E-state index < -0.39 is 5.82 Å². The fraction of sp³-hybridized carbons (Fsp3) is 0.333. The molecule has 0 saturated heterocycles. The van der Waals surface area contributed by atoms with E-state index in [1.807, 2.05) is 6.07 Å². The van der Waals surface area contributed by atoms with Gasteiger partial charge in [0.1, 0.15) is 23.9 Å². The summed E-state index contributed by atoms with van der Waals surface area (Å²) in [6.07, 6.45) is 3.98. The van der Waals surface area contributed by atoms with Crippen molar-refractivity contribution in [1.29, 1.82) is 5.26 Å². The molecular weight excluding hydrogens is 397 g/mol. The van der Waals surface area contributed by atoms with Crippen LogP contribution in [0.1, 0.15) is 41.7 Å². The first-order valence-electron chi connectivity index (χ1n) is 9.10. The van der Waals surface area contributed by atoms with E-state index in [1.54, 1.807) is 6.07 Å². The van der Waals surface area contributed by atoms with Gasteiger partial charge >= 0.3 is 0 Å². The zero-order chi connectivity index (χ0) is 20.6. The number of benzene rings is 1. The zero-order valence-electron chi connectivity index (χ0n) is 15.4. The number of amides is 1. The van der Waals surface area contributed by atoms with E-state index in [-0.39, 0.29) is 45.7 Å².